The van der Waals surface area contributed by atoms with E-state index in [9.17, 15) is 9.59 Å². The molecule has 1 amide bonds. The maximum atomic E-state index is 12.0. The quantitative estimate of drug-likeness (QED) is 0.826. The Morgan fingerprint density at radius 1 is 1.37 bits per heavy atom. The fourth-order valence-electron chi connectivity index (χ4n) is 1.83. The van der Waals surface area contributed by atoms with Crippen LogP contribution in [0.4, 0.5) is 0 Å². The molecule has 1 unspecified atom stereocenters. The van der Waals surface area contributed by atoms with Crippen molar-refractivity contribution in [2.75, 3.05) is 7.11 Å². The Labute approximate surface area is 111 Å². The van der Waals surface area contributed by atoms with Crippen molar-refractivity contribution in [2.24, 2.45) is 5.41 Å². The van der Waals surface area contributed by atoms with Gasteiger partial charge in [-0.3, -0.25) is 4.79 Å². The Morgan fingerprint density at radius 2 is 2.00 bits per heavy atom. The lowest BCUT2D eigenvalue weighted by molar-refractivity contribution is -0.145. The standard InChI is InChI=1S/C14H14N2O3/c1-19-12(17)11(10-5-3-2-4-6-10)16-13(18)14(9-15)7-8-14/h2-6,11H,7-8H2,1H3,(H,16,18). The van der Waals surface area contributed by atoms with Crippen LogP contribution in [0, 0.1) is 16.7 Å². The van der Waals surface area contributed by atoms with Gasteiger partial charge in [-0.05, 0) is 18.4 Å². The molecule has 98 valence electrons. The fraction of sp³-hybridized carbons (Fsp3) is 0.357. The van der Waals surface area contributed by atoms with Gasteiger partial charge in [0.05, 0.1) is 13.2 Å². The highest BCUT2D eigenvalue weighted by Crippen LogP contribution is 2.45. The molecule has 0 aliphatic heterocycles. The van der Waals surface area contributed by atoms with E-state index in [-0.39, 0.29) is 0 Å². The van der Waals surface area contributed by atoms with E-state index in [0.29, 0.717) is 18.4 Å². The summed E-state index contributed by atoms with van der Waals surface area (Å²) < 4.78 is 4.70. The summed E-state index contributed by atoms with van der Waals surface area (Å²) in [5.41, 5.74) is -0.322. The van der Waals surface area contributed by atoms with E-state index in [1.54, 1.807) is 24.3 Å². The summed E-state index contributed by atoms with van der Waals surface area (Å²) in [4.78, 5) is 23.8. The minimum absolute atomic E-state index is 0.408. The molecule has 1 atom stereocenters. The van der Waals surface area contributed by atoms with Crippen LogP contribution in [-0.2, 0) is 14.3 Å². The Bertz CT molecular complexity index is 529. The average molecular weight is 258 g/mol. The maximum Gasteiger partial charge on any atom is 0.333 e. The van der Waals surface area contributed by atoms with Gasteiger partial charge in [0.2, 0.25) is 5.91 Å². The third-order valence-electron chi connectivity index (χ3n) is 3.24. The molecular weight excluding hydrogens is 244 g/mol. The van der Waals surface area contributed by atoms with E-state index in [2.05, 4.69) is 5.32 Å². The van der Waals surface area contributed by atoms with Crippen LogP contribution in [0.5, 0.6) is 0 Å². The number of nitrogens with zero attached hydrogens (tertiary/aromatic N) is 1. The first kappa shape index (κ1) is 13.1. The first-order valence-electron chi connectivity index (χ1n) is 5.98. The molecule has 0 aromatic heterocycles. The Morgan fingerprint density at radius 3 is 2.47 bits per heavy atom. The second-order valence-electron chi connectivity index (χ2n) is 4.53. The van der Waals surface area contributed by atoms with Crippen LogP contribution < -0.4 is 5.32 Å². The molecule has 1 aliphatic carbocycles. The number of carbonyl (C=O) groups excluding carboxylic acids is 2. The second kappa shape index (κ2) is 5.11. The number of benzene rings is 1. The predicted molar refractivity (Wildman–Crippen MR) is 66.6 cm³/mol. The molecule has 0 saturated heterocycles. The summed E-state index contributed by atoms with van der Waals surface area (Å²) in [5, 5.41) is 11.6. The van der Waals surface area contributed by atoms with Crippen LogP contribution in [0.3, 0.4) is 0 Å². The molecule has 0 bridgehead atoms. The topological polar surface area (TPSA) is 79.2 Å². The zero-order valence-electron chi connectivity index (χ0n) is 10.6. The number of ether oxygens (including phenoxy) is 1. The lowest BCUT2D eigenvalue weighted by Gasteiger charge is -2.18. The molecule has 1 aliphatic rings. The third kappa shape index (κ3) is 2.58. The molecule has 19 heavy (non-hydrogen) atoms. The van der Waals surface area contributed by atoms with Crippen LogP contribution in [0.1, 0.15) is 24.4 Å². The maximum absolute atomic E-state index is 12.0. The van der Waals surface area contributed by atoms with Gasteiger partial charge in [0.15, 0.2) is 6.04 Å². The Kier molecular flexibility index (Phi) is 3.52. The molecule has 0 radical (unpaired) electrons. The molecule has 1 aromatic rings. The molecule has 1 N–H and O–H groups in total. The van der Waals surface area contributed by atoms with Gasteiger partial charge in [-0.1, -0.05) is 30.3 Å². The monoisotopic (exact) mass is 258 g/mol. The van der Waals surface area contributed by atoms with E-state index in [0.717, 1.165) is 0 Å². The first-order chi connectivity index (χ1) is 9.13. The summed E-state index contributed by atoms with van der Waals surface area (Å²) in [6, 6.07) is 9.95. The zero-order valence-corrected chi connectivity index (χ0v) is 10.6. The van der Waals surface area contributed by atoms with Gasteiger partial charge in [-0.2, -0.15) is 5.26 Å². The number of carbonyl (C=O) groups is 2. The molecule has 1 fully saturated rings. The smallest absolute Gasteiger partial charge is 0.333 e. The van der Waals surface area contributed by atoms with Crippen LogP contribution in [0.25, 0.3) is 0 Å². The molecule has 2 rings (SSSR count). The van der Waals surface area contributed by atoms with Gasteiger partial charge in [-0.15, -0.1) is 0 Å². The van der Waals surface area contributed by atoms with Gasteiger partial charge >= 0.3 is 5.97 Å². The number of amides is 1. The number of nitriles is 1. The summed E-state index contributed by atoms with van der Waals surface area (Å²) in [7, 11) is 1.27. The van der Waals surface area contributed by atoms with Crippen LogP contribution in [-0.4, -0.2) is 19.0 Å². The molecule has 0 heterocycles. The predicted octanol–water partition coefficient (Wildman–Crippen LogP) is 1.32. The molecule has 1 saturated carbocycles. The van der Waals surface area contributed by atoms with Gasteiger partial charge < -0.3 is 10.1 Å². The van der Waals surface area contributed by atoms with E-state index in [1.807, 2.05) is 12.1 Å². The highest BCUT2D eigenvalue weighted by molar-refractivity contribution is 5.92. The Hall–Kier alpha value is -2.35. The highest BCUT2D eigenvalue weighted by atomic mass is 16.5. The summed E-state index contributed by atoms with van der Waals surface area (Å²) >= 11 is 0. The Balaban J connectivity index is 2.19. The van der Waals surface area contributed by atoms with Gasteiger partial charge in [0.25, 0.3) is 0 Å². The molecule has 5 nitrogen and oxygen atoms in total. The van der Waals surface area contributed by atoms with Crippen molar-refractivity contribution in [3.05, 3.63) is 35.9 Å². The molecular formula is C14H14N2O3. The lowest BCUT2D eigenvalue weighted by atomic mass is 10.0. The normalized spacial score (nSPS) is 16.8. The number of esters is 1. The lowest BCUT2D eigenvalue weighted by Crippen LogP contribution is -2.38. The van der Waals surface area contributed by atoms with Gasteiger partial charge in [0.1, 0.15) is 5.41 Å². The van der Waals surface area contributed by atoms with Crippen molar-refractivity contribution in [3.63, 3.8) is 0 Å². The molecule has 0 spiro atoms. The molecule has 1 aromatic carbocycles. The second-order valence-corrected chi connectivity index (χ2v) is 4.53. The van der Waals surface area contributed by atoms with Crippen molar-refractivity contribution in [2.45, 2.75) is 18.9 Å². The van der Waals surface area contributed by atoms with Crippen molar-refractivity contribution in [1.29, 1.82) is 5.26 Å². The van der Waals surface area contributed by atoms with Crippen molar-refractivity contribution < 1.29 is 14.3 Å². The number of methoxy groups -OCH3 is 1. The van der Waals surface area contributed by atoms with Crippen LogP contribution >= 0.6 is 0 Å². The van der Waals surface area contributed by atoms with Crippen LogP contribution in [0.15, 0.2) is 30.3 Å². The van der Waals surface area contributed by atoms with E-state index >= 15 is 0 Å². The molecule has 5 heteroatoms. The summed E-state index contributed by atoms with van der Waals surface area (Å²) in [6.45, 7) is 0. The number of hydrogen-bond acceptors (Lipinski definition) is 4. The summed E-state index contributed by atoms with van der Waals surface area (Å²) in [6.07, 6.45) is 1.08. The van der Waals surface area contributed by atoms with Gasteiger partial charge in [0, 0.05) is 0 Å². The minimum Gasteiger partial charge on any atom is -0.467 e. The number of hydrogen-bond donors (Lipinski definition) is 1. The van der Waals surface area contributed by atoms with Crippen LogP contribution in [0.2, 0.25) is 0 Å². The van der Waals surface area contributed by atoms with Crippen molar-refractivity contribution >= 4 is 11.9 Å². The van der Waals surface area contributed by atoms with Gasteiger partial charge in [-0.25, -0.2) is 4.79 Å². The average Bonchev–Trinajstić information content (AvgIpc) is 3.25. The SMILES string of the molecule is COC(=O)C(NC(=O)C1(C#N)CC1)c1ccccc1. The van der Waals surface area contributed by atoms with E-state index in [1.165, 1.54) is 7.11 Å². The summed E-state index contributed by atoms with van der Waals surface area (Å²) in [5.74, 6) is -0.956. The van der Waals surface area contributed by atoms with E-state index < -0.39 is 23.3 Å². The minimum atomic E-state index is -0.957. The highest BCUT2D eigenvalue weighted by Gasteiger charge is 2.51. The largest absolute Gasteiger partial charge is 0.467 e. The van der Waals surface area contributed by atoms with Crippen molar-refractivity contribution in [1.82, 2.24) is 5.32 Å². The fourth-order valence-corrected chi connectivity index (χ4v) is 1.83. The zero-order chi connectivity index (χ0) is 13.9. The third-order valence-corrected chi connectivity index (χ3v) is 3.24. The first-order valence-corrected chi connectivity index (χ1v) is 5.98. The van der Waals surface area contributed by atoms with E-state index in [4.69, 9.17) is 10.00 Å². The number of nitrogens with one attached hydrogen (secondary N) is 1. The van der Waals surface area contributed by atoms with Crippen molar-refractivity contribution in [3.8, 4) is 6.07 Å². The number of rotatable bonds is 4.